The van der Waals surface area contributed by atoms with Gasteiger partial charge in [0.15, 0.2) is 6.10 Å². The molecule has 0 aromatic heterocycles. The zero-order chi connectivity index (χ0) is 14.1. The summed E-state index contributed by atoms with van der Waals surface area (Å²) in [4.78, 5) is 0.865. The molecular formula is C17H16O2S. The fourth-order valence-corrected chi connectivity index (χ4v) is 3.10. The standard InChI is InChI=1S/C17H16O2S/c1-11-8-9-14-13(10-11)17(20-2)15(18)16(19-14)12-6-4-3-5-7-12/h3-10,15-16,18H,2H2,1H3. The van der Waals surface area contributed by atoms with Crippen LogP contribution in [0.3, 0.4) is 0 Å². The molecule has 102 valence electrons. The van der Waals surface area contributed by atoms with Crippen LogP contribution >= 0.6 is 10.9 Å². The number of aliphatic hydroxyl groups excluding tert-OH is 1. The Hall–Kier alpha value is -1.84. The Morgan fingerprint density at radius 3 is 2.60 bits per heavy atom. The number of ether oxygens (including phenoxy) is 1. The van der Waals surface area contributed by atoms with Crippen LogP contribution in [0.15, 0.2) is 48.5 Å². The van der Waals surface area contributed by atoms with E-state index in [-0.39, 0.29) is 6.10 Å². The van der Waals surface area contributed by atoms with Gasteiger partial charge in [-0.1, -0.05) is 42.0 Å². The van der Waals surface area contributed by atoms with Crippen molar-refractivity contribution in [2.45, 2.75) is 19.1 Å². The maximum absolute atomic E-state index is 10.6. The van der Waals surface area contributed by atoms with Gasteiger partial charge in [0.05, 0.1) is 0 Å². The lowest BCUT2D eigenvalue weighted by molar-refractivity contribution is 0.0732. The Labute approximate surface area is 122 Å². The third-order valence-electron chi connectivity index (χ3n) is 3.49. The molecule has 0 saturated carbocycles. The van der Waals surface area contributed by atoms with Crippen molar-refractivity contribution in [3.8, 4) is 5.75 Å². The van der Waals surface area contributed by atoms with E-state index >= 15 is 0 Å². The highest BCUT2D eigenvalue weighted by Crippen LogP contribution is 2.36. The molecule has 0 aliphatic carbocycles. The second kappa shape index (κ2) is 5.27. The molecule has 1 N–H and O–H groups in total. The number of benzene rings is 2. The van der Waals surface area contributed by atoms with Crippen LogP contribution in [0, 0.1) is 6.92 Å². The predicted octanol–water partition coefficient (Wildman–Crippen LogP) is 3.18. The van der Waals surface area contributed by atoms with E-state index in [0.717, 1.165) is 27.3 Å². The third-order valence-corrected chi connectivity index (χ3v) is 4.27. The highest BCUT2D eigenvalue weighted by atomic mass is 32.1. The highest BCUT2D eigenvalue weighted by molar-refractivity contribution is 7.96. The van der Waals surface area contributed by atoms with Gasteiger partial charge in [-0.2, -0.15) is 10.9 Å². The van der Waals surface area contributed by atoms with Crippen molar-refractivity contribution in [1.82, 2.24) is 0 Å². The summed E-state index contributed by atoms with van der Waals surface area (Å²) in [6, 6.07) is 15.8. The zero-order valence-corrected chi connectivity index (χ0v) is 12.1. The molecule has 2 unspecified atom stereocenters. The van der Waals surface area contributed by atoms with Crippen LogP contribution in [0.2, 0.25) is 0 Å². The Morgan fingerprint density at radius 1 is 1.15 bits per heavy atom. The third kappa shape index (κ3) is 2.19. The van der Waals surface area contributed by atoms with Crippen molar-refractivity contribution in [1.29, 1.82) is 0 Å². The van der Waals surface area contributed by atoms with Gasteiger partial charge in [0.2, 0.25) is 0 Å². The molecule has 0 fully saturated rings. The minimum Gasteiger partial charge on any atom is -0.482 e. The van der Waals surface area contributed by atoms with Crippen molar-refractivity contribution in [2.24, 2.45) is 0 Å². The van der Waals surface area contributed by atoms with E-state index in [0.29, 0.717) is 0 Å². The minimum absolute atomic E-state index is 0.379. The summed E-state index contributed by atoms with van der Waals surface area (Å²) in [5, 5.41) is 10.6. The lowest BCUT2D eigenvalue weighted by Crippen LogP contribution is -2.35. The van der Waals surface area contributed by atoms with Gasteiger partial charge in [-0.05, 0) is 30.5 Å². The average Bonchev–Trinajstić information content (AvgIpc) is 2.48. The first-order valence-electron chi connectivity index (χ1n) is 6.50. The highest BCUT2D eigenvalue weighted by Gasteiger charge is 2.33. The number of hydrogen-bond acceptors (Lipinski definition) is 2. The normalized spacial score (nSPS) is 21.0. The number of rotatable bonds is 1. The first-order valence-corrected chi connectivity index (χ1v) is 7.49. The van der Waals surface area contributed by atoms with E-state index in [4.69, 9.17) is 4.74 Å². The van der Waals surface area contributed by atoms with Crippen LogP contribution in [-0.2, 0) is 0 Å². The summed E-state index contributed by atoms with van der Waals surface area (Å²) in [6.45, 7) is 2.03. The molecule has 1 heterocycles. The lowest BCUT2D eigenvalue weighted by Gasteiger charge is -2.32. The minimum atomic E-state index is -0.686. The molecule has 2 nitrogen and oxygen atoms in total. The van der Waals surface area contributed by atoms with Gasteiger partial charge in [-0.25, -0.2) is 0 Å². The van der Waals surface area contributed by atoms with Gasteiger partial charge in [-0.15, -0.1) is 0 Å². The van der Waals surface area contributed by atoms with Crippen molar-refractivity contribution in [2.75, 3.05) is 0 Å². The van der Waals surface area contributed by atoms with Gasteiger partial charge in [0, 0.05) is 10.4 Å². The molecule has 3 heteroatoms. The molecule has 0 radical (unpaired) electrons. The van der Waals surface area contributed by atoms with E-state index in [1.54, 1.807) is 0 Å². The van der Waals surface area contributed by atoms with E-state index in [9.17, 15) is 5.11 Å². The number of hydrogen-bond donors (Lipinski definition) is 1. The van der Waals surface area contributed by atoms with Gasteiger partial charge in [-0.3, -0.25) is 0 Å². The molecule has 1 aliphatic heterocycles. The molecule has 3 rings (SSSR count). The van der Waals surface area contributed by atoms with Crippen molar-refractivity contribution in [3.63, 3.8) is 0 Å². The first-order chi connectivity index (χ1) is 9.70. The summed E-state index contributed by atoms with van der Waals surface area (Å²) < 4.78 is 6.01. The van der Waals surface area contributed by atoms with Crippen molar-refractivity contribution >= 4 is 21.7 Å². The van der Waals surface area contributed by atoms with Crippen LogP contribution in [0.25, 0.3) is 0 Å². The molecule has 0 amide bonds. The second-order valence-corrected chi connectivity index (χ2v) is 5.63. The Kier molecular flexibility index (Phi) is 3.47. The molecular weight excluding hydrogens is 268 g/mol. The van der Waals surface area contributed by atoms with Gasteiger partial charge in [0.25, 0.3) is 0 Å². The largest absolute Gasteiger partial charge is 0.482 e. The smallest absolute Gasteiger partial charge is 0.155 e. The van der Waals surface area contributed by atoms with Gasteiger partial charge < -0.3 is 9.84 Å². The summed E-state index contributed by atoms with van der Waals surface area (Å²) >= 11 is 0. The van der Waals surface area contributed by atoms with Crippen molar-refractivity contribution in [3.05, 3.63) is 65.2 Å². The molecule has 2 atom stereocenters. The molecule has 2 aromatic carbocycles. The topological polar surface area (TPSA) is 29.5 Å². The Bertz CT molecular complexity index is 687. The molecule has 0 spiro atoms. The first kappa shape index (κ1) is 13.2. The maximum Gasteiger partial charge on any atom is 0.155 e. The predicted molar refractivity (Wildman–Crippen MR) is 85.8 cm³/mol. The molecule has 2 aromatic rings. The van der Waals surface area contributed by atoms with Gasteiger partial charge >= 0.3 is 0 Å². The van der Waals surface area contributed by atoms with Crippen LogP contribution in [0.1, 0.15) is 22.8 Å². The van der Waals surface area contributed by atoms with E-state index in [1.807, 2.05) is 55.5 Å². The van der Waals surface area contributed by atoms with E-state index in [1.165, 1.54) is 10.9 Å². The van der Waals surface area contributed by atoms with Crippen molar-refractivity contribution < 1.29 is 9.84 Å². The van der Waals surface area contributed by atoms with Crippen LogP contribution < -0.4 is 4.74 Å². The quantitative estimate of drug-likeness (QED) is 0.815. The van der Waals surface area contributed by atoms with Gasteiger partial charge in [0.1, 0.15) is 11.9 Å². The lowest BCUT2D eigenvalue weighted by atomic mass is 9.94. The Balaban J connectivity index is 2.11. The SMILES string of the molecule is C=S=C1c2cc(C)ccc2OC(c2ccccc2)C1O. The van der Waals surface area contributed by atoms with E-state index < -0.39 is 6.10 Å². The number of aliphatic hydroxyl groups is 1. The molecule has 20 heavy (non-hydrogen) atoms. The number of aryl methyl sites for hydroxylation is 1. The zero-order valence-electron chi connectivity index (χ0n) is 11.2. The second-order valence-electron chi connectivity index (χ2n) is 4.90. The van der Waals surface area contributed by atoms with E-state index in [2.05, 4.69) is 5.87 Å². The van der Waals surface area contributed by atoms with Crippen LogP contribution in [-0.4, -0.2) is 21.9 Å². The monoisotopic (exact) mass is 284 g/mol. The fraction of sp³-hybridized carbons (Fsp3) is 0.176. The maximum atomic E-state index is 10.6. The van der Waals surface area contributed by atoms with Crippen LogP contribution in [0.4, 0.5) is 0 Å². The molecule has 0 bridgehead atoms. The summed E-state index contributed by atoms with van der Waals surface area (Å²) in [7, 11) is 1.34. The summed E-state index contributed by atoms with van der Waals surface area (Å²) in [5.41, 5.74) is 3.06. The average molecular weight is 284 g/mol. The molecule has 1 aliphatic rings. The Morgan fingerprint density at radius 2 is 1.90 bits per heavy atom. The summed E-state index contributed by atoms with van der Waals surface area (Å²) in [6.07, 6.45) is -1.06. The van der Waals surface area contributed by atoms with Crippen LogP contribution in [0.5, 0.6) is 5.75 Å². The summed E-state index contributed by atoms with van der Waals surface area (Å²) in [5.74, 6) is 4.69. The fourth-order valence-electron chi connectivity index (χ4n) is 2.49. The number of fused-ring (bicyclic) bond motifs is 1. The molecule has 0 saturated heterocycles.